The molecule has 2 aromatic carbocycles. The molecular weight excluding hydrogens is 574 g/mol. The second kappa shape index (κ2) is 14.3. The van der Waals surface area contributed by atoms with Crippen LogP contribution >= 0.6 is 0 Å². The molecule has 7 heteroatoms. The summed E-state index contributed by atoms with van der Waals surface area (Å²) in [5.41, 5.74) is 10.5. The first-order valence-corrected chi connectivity index (χ1v) is 16.8. The number of methoxy groups -OCH3 is 2. The molecule has 4 atom stereocenters. The average molecular weight is 622 g/mol. The lowest BCUT2D eigenvalue weighted by molar-refractivity contribution is 0.128. The predicted octanol–water partition coefficient (Wildman–Crippen LogP) is 7.21. The van der Waals surface area contributed by atoms with Crippen LogP contribution in [-0.4, -0.2) is 52.7 Å². The van der Waals surface area contributed by atoms with E-state index in [4.69, 9.17) is 19.4 Å². The van der Waals surface area contributed by atoms with E-state index in [1.807, 2.05) is 0 Å². The van der Waals surface area contributed by atoms with Crippen molar-refractivity contribution in [2.45, 2.75) is 90.0 Å². The number of nitrogens with zero attached hydrogens (tertiary/aromatic N) is 2. The van der Waals surface area contributed by atoms with Gasteiger partial charge in [0.15, 0.2) is 0 Å². The Labute approximate surface area is 273 Å². The van der Waals surface area contributed by atoms with Gasteiger partial charge in [-0.25, -0.2) is 9.97 Å². The Kier molecular flexibility index (Phi) is 10.0. The molecule has 4 aromatic rings. The summed E-state index contributed by atoms with van der Waals surface area (Å²) >= 11 is 0. The highest BCUT2D eigenvalue weighted by atomic mass is 16.5. The van der Waals surface area contributed by atoms with E-state index in [9.17, 15) is 10.2 Å². The zero-order valence-electron chi connectivity index (χ0n) is 27.6. The smallest absolute Gasteiger partial charge is 0.218 e. The van der Waals surface area contributed by atoms with E-state index >= 15 is 0 Å². The van der Waals surface area contributed by atoms with E-state index < -0.39 is 0 Å². The van der Waals surface area contributed by atoms with Crippen molar-refractivity contribution in [2.75, 3.05) is 14.2 Å². The fourth-order valence-electron chi connectivity index (χ4n) is 7.44. The molecule has 0 spiro atoms. The van der Waals surface area contributed by atoms with Crippen molar-refractivity contribution in [1.82, 2.24) is 15.3 Å². The summed E-state index contributed by atoms with van der Waals surface area (Å²) in [6, 6.07) is 21.2. The molecule has 242 valence electrons. The minimum atomic E-state index is -0.287. The molecule has 3 N–H and O–H groups in total. The first-order chi connectivity index (χ1) is 22.4. The summed E-state index contributed by atoms with van der Waals surface area (Å²) in [5, 5.41) is 24.0. The van der Waals surface area contributed by atoms with Crippen LogP contribution in [0.5, 0.6) is 11.8 Å². The lowest BCUT2D eigenvalue weighted by atomic mass is 9.89. The molecule has 0 unspecified atom stereocenters. The minimum absolute atomic E-state index is 0.119. The predicted molar refractivity (Wildman–Crippen MR) is 183 cm³/mol. The third-order valence-corrected chi connectivity index (χ3v) is 10.2. The van der Waals surface area contributed by atoms with Crippen molar-refractivity contribution >= 4 is 0 Å². The maximum absolute atomic E-state index is 10.3. The first kappa shape index (κ1) is 32.2. The van der Waals surface area contributed by atoms with Gasteiger partial charge in [-0.05, 0) is 99.1 Å². The second-order valence-electron chi connectivity index (χ2n) is 13.0. The zero-order valence-corrected chi connectivity index (χ0v) is 27.6. The number of aliphatic hydroxyl groups is 2. The number of nitrogens with one attached hydrogen (secondary N) is 1. The average Bonchev–Trinajstić information content (AvgIpc) is 3.69. The lowest BCUT2D eigenvalue weighted by Crippen LogP contribution is -2.35. The standard InChI is InChI=1S/C39H47N3O4/c1-24-29(10-6-12-31(24)33-21-19-27(38(41-33)45-3)18-17-26-9-5-15-36(26)43)30-11-7-13-32(25(30)2)34-22-20-28(39(42-34)46-4)23-40-35-14-8-16-37(35)44/h6-7,10-13,19-22,26,35-37,40,43-44H,5,8-9,14-18,23H2,1-4H3/t26-,35+,36-,37-/m0/s1. The van der Waals surface area contributed by atoms with Gasteiger partial charge in [0.05, 0.1) is 37.8 Å². The van der Waals surface area contributed by atoms with Crippen LogP contribution in [-0.2, 0) is 13.0 Å². The number of hydrogen-bond acceptors (Lipinski definition) is 7. The molecule has 2 aromatic heterocycles. The van der Waals surface area contributed by atoms with Crippen LogP contribution in [0.4, 0.5) is 0 Å². The number of aromatic nitrogens is 2. The normalized spacial score (nSPS) is 21.1. The van der Waals surface area contributed by atoms with E-state index in [1.54, 1.807) is 14.2 Å². The summed E-state index contributed by atoms with van der Waals surface area (Å²) < 4.78 is 11.5. The van der Waals surface area contributed by atoms with Crippen LogP contribution in [0.2, 0.25) is 0 Å². The molecule has 46 heavy (non-hydrogen) atoms. The maximum atomic E-state index is 10.3. The first-order valence-electron chi connectivity index (χ1n) is 16.8. The van der Waals surface area contributed by atoms with Crippen molar-refractivity contribution in [1.29, 1.82) is 0 Å². The molecule has 0 bridgehead atoms. The highest BCUT2D eigenvalue weighted by molar-refractivity contribution is 5.82. The molecule has 2 heterocycles. The number of aryl methyl sites for hydroxylation is 1. The molecule has 6 rings (SSSR count). The summed E-state index contributed by atoms with van der Waals surface area (Å²) in [6.45, 7) is 4.91. The van der Waals surface area contributed by atoms with Crippen molar-refractivity contribution < 1.29 is 19.7 Å². The number of rotatable bonds is 11. The van der Waals surface area contributed by atoms with Gasteiger partial charge in [-0.15, -0.1) is 0 Å². The third kappa shape index (κ3) is 6.68. The molecule has 0 radical (unpaired) electrons. The van der Waals surface area contributed by atoms with Crippen molar-refractivity contribution in [3.63, 3.8) is 0 Å². The van der Waals surface area contributed by atoms with Crippen LogP contribution in [0.25, 0.3) is 33.6 Å². The van der Waals surface area contributed by atoms with Gasteiger partial charge in [-0.1, -0.05) is 55.0 Å². The number of pyridine rings is 2. The Bertz CT molecular complexity index is 1550. The van der Waals surface area contributed by atoms with E-state index in [1.165, 1.54) is 0 Å². The Hall–Kier alpha value is -3.78. The van der Waals surface area contributed by atoms with Crippen LogP contribution < -0.4 is 14.8 Å². The van der Waals surface area contributed by atoms with E-state index in [0.29, 0.717) is 24.2 Å². The monoisotopic (exact) mass is 621 g/mol. The Morgan fingerprint density at radius 2 is 1.22 bits per heavy atom. The fourth-order valence-corrected chi connectivity index (χ4v) is 7.44. The van der Waals surface area contributed by atoms with Gasteiger partial charge >= 0.3 is 0 Å². The van der Waals surface area contributed by atoms with E-state index in [0.717, 1.165) is 107 Å². The van der Waals surface area contributed by atoms with Crippen molar-refractivity contribution in [2.24, 2.45) is 5.92 Å². The van der Waals surface area contributed by atoms with Gasteiger partial charge < -0.3 is 25.0 Å². The lowest BCUT2D eigenvalue weighted by Gasteiger charge is -2.19. The topological polar surface area (TPSA) is 96.7 Å². The summed E-state index contributed by atoms with van der Waals surface area (Å²) in [7, 11) is 3.35. The fraction of sp³-hybridized carbons (Fsp3) is 0.436. The molecule has 2 saturated carbocycles. The molecule has 2 aliphatic rings. The van der Waals surface area contributed by atoms with Crippen LogP contribution in [0.1, 0.15) is 67.2 Å². The SMILES string of the molecule is COc1nc(-c2cccc(-c3cccc(-c4ccc(CN[C@@H]5CCC[C@@H]5O)c(OC)n4)c3C)c2C)ccc1CC[C@@H]1CCC[C@@H]1O. The number of ether oxygens (including phenoxy) is 2. The molecule has 0 aliphatic heterocycles. The van der Waals surface area contributed by atoms with Crippen LogP contribution in [0.3, 0.4) is 0 Å². The van der Waals surface area contributed by atoms with Crippen molar-refractivity contribution in [3.05, 3.63) is 82.9 Å². The van der Waals surface area contributed by atoms with Crippen LogP contribution in [0, 0.1) is 19.8 Å². The quantitative estimate of drug-likeness (QED) is 0.163. The largest absolute Gasteiger partial charge is 0.481 e. The molecule has 2 aliphatic carbocycles. The molecule has 0 saturated heterocycles. The van der Waals surface area contributed by atoms with Gasteiger partial charge in [0.2, 0.25) is 11.8 Å². The molecular formula is C39H47N3O4. The highest BCUT2D eigenvalue weighted by Crippen LogP contribution is 2.38. The minimum Gasteiger partial charge on any atom is -0.481 e. The molecule has 2 fully saturated rings. The van der Waals surface area contributed by atoms with E-state index in [2.05, 4.69) is 79.8 Å². The van der Waals surface area contributed by atoms with Gasteiger partial charge in [-0.2, -0.15) is 0 Å². The Morgan fingerprint density at radius 1 is 0.674 bits per heavy atom. The summed E-state index contributed by atoms with van der Waals surface area (Å²) in [4.78, 5) is 9.87. The van der Waals surface area contributed by atoms with Gasteiger partial charge in [-0.3, -0.25) is 0 Å². The summed E-state index contributed by atoms with van der Waals surface area (Å²) in [5.74, 6) is 1.62. The maximum Gasteiger partial charge on any atom is 0.218 e. The Morgan fingerprint density at radius 3 is 1.76 bits per heavy atom. The van der Waals surface area contributed by atoms with Crippen molar-refractivity contribution in [3.8, 4) is 45.4 Å². The molecule has 0 amide bonds. The third-order valence-electron chi connectivity index (χ3n) is 10.2. The van der Waals surface area contributed by atoms with Gasteiger partial charge in [0.25, 0.3) is 0 Å². The Balaban J connectivity index is 1.25. The second-order valence-corrected chi connectivity index (χ2v) is 13.0. The van der Waals surface area contributed by atoms with E-state index in [-0.39, 0.29) is 18.2 Å². The van der Waals surface area contributed by atoms with Gasteiger partial charge in [0.1, 0.15) is 0 Å². The zero-order chi connectivity index (χ0) is 32.2. The van der Waals surface area contributed by atoms with Gasteiger partial charge in [0, 0.05) is 34.8 Å². The summed E-state index contributed by atoms with van der Waals surface area (Å²) in [6.07, 6.45) is 7.35. The number of hydrogen-bond donors (Lipinski definition) is 3. The number of aliphatic hydroxyl groups excluding tert-OH is 2. The number of benzene rings is 2. The molecule has 7 nitrogen and oxygen atoms in total. The van der Waals surface area contributed by atoms with Crippen LogP contribution in [0.15, 0.2) is 60.7 Å². The highest BCUT2D eigenvalue weighted by Gasteiger charge is 2.26.